The van der Waals surface area contributed by atoms with Crippen molar-refractivity contribution < 1.29 is 9.84 Å². The Labute approximate surface area is 85.5 Å². The van der Waals surface area contributed by atoms with Crippen molar-refractivity contribution in [2.75, 3.05) is 13.7 Å². The molecule has 1 aromatic rings. The lowest BCUT2D eigenvalue weighted by Crippen LogP contribution is -2.03. The Bertz CT molecular complexity index is 318. The van der Waals surface area contributed by atoms with Gasteiger partial charge in [-0.05, 0) is 36.6 Å². The second-order valence-corrected chi connectivity index (χ2v) is 3.69. The maximum absolute atomic E-state index is 9.10. The highest BCUT2D eigenvalue weighted by molar-refractivity contribution is 5.44. The lowest BCUT2D eigenvalue weighted by atomic mass is 9.93. The third-order valence-electron chi connectivity index (χ3n) is 2.80. The van der Waals surface area contributed by atoms with E-state index < -0.39 is 0 Å². The van der Waals surface area contributed by atoms with Crippen molar-refractivity contribution in [3.05, 3.63) is 28.8 Å². The molecule has 1 rings (SSSR count). The summed E-state index contributed by atoms with van der Waals surface area (Å²) < 4.78 is 5.23. The van der Waals surface area contributed by atoms with E-state index in [9.17, 15) is 0 Å². The van der Waals surface area contributed by atoms with Crippen LogP contribution in [0.1, 0.15) is 29.5 Å². The average molecular weight is 194 g/mol. The minimum absolute atomic E-state index is 0.187. The normalized spacial score (nSPS) is 12.6. The number of aliphatic hydroxyl groups is 1. The lowest BCUT2D eigenvalue weighted by molar-refractivity contribution is 0.272. The van der Waals surface area contributed by atoms with Crippen LogP contribution in [0.3, 0.4) is 0 Å². The lowest BCUT2D eigenvalue weighted by Gasteiger charge is -2.16. The van der Waals surface area contributed by atoms with Gasteiger partial charge in [-0.15, -0.1) is 0 Å². The van der Waals surface area contributed by atoms with Gasteiger partial charge in [-0.2, -0.15) is 0 Å². The number of methoxy groups -OCH3 is 1. The summed E-state index contributed by atoms with van der Waals surface area (Å²) >= 11 is 0. The molecule has 0 saturated carbocycles. The molecule has 0 aliphatic rings. The zero-order chi connectivity index (χ0) is 10.7. The van der Waals surface area contributed by atoms with E-state index in [1.54, 1.807) is 7.11 Å². The van der Waals surface area contributed by atoms with Gasteiger partial charge in [0.2, 0.25) is 0 Å². The predicted molar refractivity (Wildman–Crippen MR) is 58.0 cm³/mol. The van der Waals surface area contributed by atoms with E-state index in [0.717, 1.165) is 11.3 Å². The van der Waals surface area contributed by atoms with Crippen molar-refractivity contribution >= 4 is 0 Å². The summed E-state index contributed by atoms with van der Waals surface area (Å²) in [4.78, 5) is 0. The minimum Gasteiger partial charge on any atom is -0.496 e. The van der Waals surface area contributed by atoms with Crippen molar-refractivity contribution in [2.45, 2.75) is 26.7 Å². The first-order chi connectivity index (χ1) is 6.61. The number of hydrogen-bond donors (Lipinski definition) is 1. The fraction of sp³-hybridized carbons (Fsp3) is 0.500. The highest BCUT2D eigenvalue weighted by Gasteiger charge is 2.11. The number of hydrogen-bond acceptors (Lipinski definition) is 2. The molecule has 0 spiro atoms. The Morgan fingerprint density at radius 3 is 2.43 bits per heavy atom. The number of benzene rings is 1. The molecule has 0 aliphatic carbocycles. The molecule has 0 amide bonds. The molecule has 2 heteroatoms. The molecule has 0 bridgehead atoms. The highest BCUT2D eigenvalue weighted by Crippen LogP contribution is 2.28. The van der Waals surface area contributed by atoms with Gasteiger partial charge < -0.3 is 9.84 Å². The molecule has 1 aromatic carbocycles. The molecule has 1 N–H and O–H groups in total. The summed E-state index contributed by atoms with van der Waals surface area (Å²) in [5.41, 5.74) is 3.57. The standard InChI is InChI=1S/C12H18O2/c1-8(7-13)11-5-6-12(14-4)10(3)9(11)2/h5-6,8,13H,7H2,1-4H3. The van der Waals surface area contributed by atoms with E-state index in [-0.39, 0.29) is 12.5 Å². The third-order valence-corrected chi connectivity index (χ3v) is 2.80. The predicted octanol–water partition coefficient (Wildman–Crippen LogP) is 2.41. The summed E-state index contributed by atoms with van der Waals surface area (Å²) in [5.74, 6) is 1.11. The monoisotopic (exact) mass is 194 g/mol. The van der Waals surface area contributed by atoms with Gasteiger partial charge in [0.1, 0.15) is 5.75 Å². The van der Waals surface area contributed by atoms with Crippen molar-refractivity contribution in [2.24, 2.45) is 0 Å². The molecular formula is C12H18O2. The number of rotatable bonds is 3. The van der Waals surface area contributed by atoms with Crippen LogP contribution in [0.5, 0.6) is 5.75 Å². The van der Waals surface area contributed by atoms with Crippen LogP contribution in [0.2, 0.25) is 0 Å². The molecule has 0 saturated heterocycles. The molecule has 0 radical (unpaired) electrons. The van der Waals surface area contributed by atoms with Crippen molar-refractivity contribution in [1.29, 1.82) is 0 Å². The van der Waals surface area contributed by atoms with E-state index >= 15 is 0 Å². The van der Waals surface area contributed by atoms with Crippen molar-refractivity contribution in [3.63, 3.8) is 0 Å². The summed E-state index contributed by atoms with van der Waals surface area (Å²) in [5, 5.41) is 9.10. The summed E-state index contributed by atoms with van der Waals surface area (Å²) in [7, 11) is 1.68. The fourth-order valence-electron chi connectivity index (χ4n) is 1.67. The van der Waals surface area contributed by atoms with Gasteiger partial charge in [0.05, 0.1) is 7.11 Å². The third kappa shape index (κ3) is 1.90. The highest BCUT2D eigenvalue weighted by atomic mass is 16.5. The van der Waals surface area contributed by atoms with Gasteiger partial charge in [0, 0.05) is 12.5 Å². The van der Waals surface area contributed by atoms with E-state index in [0.29, 0.717) is 0 Å². The van der Waals surface area contributed by atoms with E-state index in [1.165, 1.54) is 11.1 Å². The van der Waals surface area contributed by atoms with Crippen LogP contribution in [-0.2, 0) is 0 Å². The molecule has 78 valence electrons. The maximum Gasteiger partial charge on any atom is 0.122 e. The van der Waals surface area contributed by atoms with Crippen LogP contribution in [0.25, 0.3) is 0 Å². The average Bonchev–Trinajstić information content (AvgIpc) is 2.21. The van der Waals surface area contributed by atoms with Gasteiger partial charge in [-0.1, -0.05) is 13.0 Å². The Balaban J connectivity index is 3.17. The van der Waals surface area contributed by atoms with Crippen molar-refractivity contribution in [1.82, 2.24) is 0 Å². The molecule has 0 aromatic heterocycles. The molecule has 1 atom stereocenters. The summed E-state index contributed by atoms with van der Waals surface area (Å²) in [6, 6.07) is 3.99. The zero-order valence-corrected chi connectivity index (χ0v) is 9.29. The largest absolute Gasteiger partial charge is 0.496 e. The van der Waals surface area contributed by atoms with Gasteiger partial charge in [0.15, 0.2) is 0 Å². The minimum atomic E-state index is 0.187. The van der Waals surface area contributed by atoms with Crippen LogP contribution < -0.4 is 4.74 Å². The zero-order valence-electron chi connectivity index (χ0n) is 9.29. The van der Waals surface area contributed by atoms with Gasteiger partial charge >= 0.3 is 0 Å². The van der Waals surface area contributed by atoms with E-state index in [2.05, 4.69) is 6.92 Å². The fourth-order valence-corrected chi connectivity index (χ4v) is 1.67. The van der Waals surface area contributed by atoms with Crippen molar-refractivity contribution in [3.8, 4) is 5.75 Å². The Kier molecular flexibility index (Phi) is 3.53. The van der Waals surface area contributed by atoms with Crippen LogP contribution in [0, 0.1) is 13.8 Å². The smallest absolute Gasteiger partial charge is 0.122 e. The second kappa shape index (κ2) is 4.47. The van der Waals surface area contributed by atoms with E-state index in [1.807, 2.05) is 26.0 Å². The molecule has 0 heterocycles. The van der Waals surface area contributed by atoms with Gasteiger partial charge in [-0.25, -0.2) is 0 Å². The first kappa shape index (κ1) is 11.1. The summed E-state index contributed by atoms with van der Waals surface area (Å²) in [6.45, 7) is 6.32. The quantitative estimate of drug-likeness (QED) is 0.800. The van der Waals surface area contributed by atoms with Crippen LogP contribution in [0.4, 0.5) is 0 Å². The molecule has 0 fully saturated rings. The first-order valence-corrected chi connectivity index (χ1v) is 4.86. The number of ether oxygens (including phenoxy) is 1. The molecule has 1 unspecified atom stereocenters. The van der Waals surface area contributed by atoms with Crippen LogP contribution >= 0.6 is 0 Å². The molecule has 2 nitrogen and oxygen atoms in total. The van der Waals surface area contributed by atoms with Gasteiger partial charge in [0.25, 0.3) is 0 Å². The molecule has 0 aliphatic heterocycles. The SMILES string of the molecule is COc1ccc(C(C)CO)c(C)c1C. The Morgan fingerprint density at radius 1 is 1.29 bits per heavy atom. The molecule has 14 heavy (non-hydrogen) atoms. The van der Waals surface area contributed by atoms with Crippen LogP contribution in [-0.4, -0.2) is 18.8 Å². The Morgan fingerprint density at radius 2 is 1.93 bits per heavy atom. The first-order valence-electron chi connectivity index (χ1n) is 4.86. The Hall–Kier alpha value is -1.02. The van der Waals surface area contributed by atoms with Gasteiger partial charge in [-0.3, -0.25) is 0 Å². The van der Waals surface area contributed by atoms with Crippen LogP contribution in [0.15, 0.2) is 12.1 Å². The second-order valence-electron chi connectivity index (χ2n) is 3.69. The summed E-state index contributed by atoms with van der Waals surface area (Å²) in [6.07, 6.45) is 0. The maximum atomic E-state index is 9.10. The number of aliphatic hydroxyl groups excluding tert-OH is 1. The molecular weight excluding hydrogens is 176 g/mol. The topological polar surface area (TPSA) is 29.5 Å². The van der Waals surface area contributed by atoms with E-state index in [4.69, 9.17) is 9.84 Å².